The molecule has 1 amide bonds. The molecule has 0 bridgehead atoms. The lowest BCUT2D eigenvalue weighted by molar-refractivity contribution is -0.139. The standard InChI is InChI=1S/C18H15NO5/c20-17(13-6-3-7-15-16(13)24-10-23-15)19-8-11-4-1-2-5-12(11)14(9-19)18(21)22/h1-7,14H,8-10H2,(H,21,22). The molecule has 2 aliphatic rings. The SMILES string of the molecule is O=C(O)C1CN(C(=O)c2cccc3c2OCO3)Cc2ccccc21. The van der Waals surface area contributed by atoms with Crippen LogP contribution in [0.3, 0.4) is 0 Å². The lowest BCUT2D eigenvalue weighted by atomic mass is 9.89. The summed E-state index contributed by atoms with van der Waals surface area (Å²) in [6, 6.07) is 12.5. The number of fused-ring (bicyclic) bond motifs is 2. The Bertz CT molecular complexity index is 832. The average molecular weight is 325 g/mol. The first kappa shape index (κ1) is 14.6. The second-order valence-corrected chi connectivity index (χ2v) is 5.81. The number of ether oxygens (including phenoxy) is 2. The first-order valence-electron chi connectivity index (χ1n) is 7.63. The smallest absolute Gasteiger partial charge is 0.312 e. The molecule has 0 spiro atoms. The fourth-order valence-electron chi connectivity index (χ4n) is 3.24. The van der Waals surface area contributed by atoms with E-state index in [1.165, 1.54) is 0 Å². The third kappa shape index (κ3) is 2.27. The minimum absolute atomic E-state index is 0.0835. The molecule has 122 valence electrons. The zero-order chi connectivity index (χ0) is 16.7. The van der Waals surface area contributed by atoms with Gasteiger partial charge in [-0.2, -0.15) is 0 Å². The number of hydrogen-bond acceptors (Lipinski definition) is 4. The van der Waals surface area contributed by atoms with Gasteiger partial charge in [0.1, 0.15) is 0 Å². The summed E-state index contributed by atoms with van der Waals surface area (Å²) in [7, 11) is 0. The van der Waals surface area contributed by atoms with E-state index < -0.39 is 11.9 Å². The predicted octanol–water partition coefficient (Wildman–Crippen LogP) is 2.24. The van der Waals surface area contributed by atoms with Crippen molar-refractivity contribution in [3.8, 4) is 11.5 Å². The number of carboxylic acids is 1. The number of carbonyl (C=O) groups excluding carboxylic acids is 1. The quantitative estimate of drug-likeness (QED) is 0.916. The van der Waals surface area contributed by atoms with Crippen LogP contribution in [0.1, 0.15) is 27.4 Å². The molecule has 0 aromatic heterocycles. The highest BCUT2D eigenvalue weighted by molar-refractivity contribution is 5.98. The van der Waals surface area contributed by atoms with Crippen molar-refractivity contribution in [3.63, 3.8) is 0 Å². The Hall–Kier alpha value is -3.02. The number of aliphatic carboxylic acids is 1. The fourth-order valence-corrected chi connectivity index (χ4v) is 3.24. The summed E-state index contributed by atoms with van der Waals surface area (Å²) in [6.45, 7) is 0.596. The van der Waals surface area contributed by atoms with E-state index in [2.05, 4.69) is 0 Å². The first-order chi connectivity index (χ1) is 11.6. The highest BCUT2D eigenvalue weighted by Crippen LogP contribution is 2.37. The summed E-state index contributed by atoms with van der Waals surface area (Å²) in [5.74, 6) is -0.954. The highest BCUT2D eigenvalue weighted by atomic mass is 16.7. The van der Waals surface area contributed by atoms with Crippen LogP contribution in [0.15, 0.2) is 42.5 Å². The minimum atomic E-state index is -0.933. The third-order valence-corrected chi connectivity index (χ3v) is 4.41. The van der Waals surface area contributed by atoms with Gasteiger partial charge in [0.05, 0.1) is 11.5 Å². The Labute approximate surface area is 138 Å². The van der Waals surface area contributed by atoms with Crippen molar-refractivity contribution in [1.82, 2.24) is 4.90 Å². The molecule has 2 aliphatic heterocycles. The zero-order valence-electron chi connectivity index (χ0n) is 12.8. The van der Waals surface area contributed by atoms with E-state index in [9.17, 15) is 14.7 Å². The van der Waals surface area contributed by atoms with Gasteiger partial charge in [-0.1, -0.05) is 30.3 Å². The van der Waals surface area contributed by atoms with Gasteiger partial charge in [-0.3, -0.25) is 9.59 Å². The molecule has 1 unspecified atom stereocenters. The highest BCUT2D eigenvalue weighted by Gasteiger charge is 2.34. The van der Waals surface area contributed by atoms with Gasteiger partial charge in [0.2, 0.25) is 6.79 Å². The third-order valence-electron chi connectivity index (χ3n) is 4.41. The second-order valence-electron chi connectivity index (χ2n) is 5.81. The van der Waals surface area contributed by atoms with E-state index >= 15 is 0 Å². The summed E-state index contributed by atoms with van der Waals surface area (Å²) in [5.41, 5.74) is 2.02. The van der Waals surface area contributed by atoms with Crippen LogP contribution in [-0.4, -0.2) is 35.2 Å². The maximum atomic E-state index is 12.9. The van der Waals surface area contributed by atoms with Crippen molar-refractivity contribution >= 4 is 11.9 Å². The second kappa shape index (κ2) is 5.56. The van der Waals surface area contributed by atoms with Crippen molar-refractivity contribution in [2.45, 2.75) is 12.5 Å². The number of carbonyl (C=O) groups is 2. The minimum Gasteiger partial charge on any atom is -0.481 e. The van der Waals surface area contributed by atoms with Gasteiger partial charge in [0, 0.05) is 13.1 Å². The average Bonchev–Trinajstić information content (AvgIpc) is 3.08. The molecule has 0 aliphatic carbocycles. The fraction of sp³-hybridized carbons (Fsp3) is 0.222. The number of nitrogens with zero attached hydrogens (tertiary/aromatic N) is 1. The topological polar surface area (TPSA) is 76.1 Å². The van der Waals surface area contributed by atoms with Gasteiger partial charge in [0.15, 0.2) is 11.5 Å². The number of amides is 1. The normalized spacial score (nSPS) is 18.2. The summed E-state index contributed by atoms with van der Waals surface area (Å²) < 4.78 is 10.7. The van der Waals surface area contributed by atoms with Crippen LogP contribution in [0, 0.1) is 0 Å². The number of rotatable bonds is 2. The Morgan fingerprint density at radius 1 is 1.08 bits per heavy atom. The number of hydrogen-bond donors (Lipinski definition) is 1. The molecule has 2 aromatic rings. The molecule has 1 N–H and O–H groups in total. The van der Waals surface area contributed by atoms with Gasteiger partial charge < -0.3 is 19.5 Å². The van der Waals surface area contributed by atoms with Gasteiger partial charge in [-0.05, 0) is 23.3 Å². The van der Waals surface area contributed by atoms with E-state index in [0.29, 0.717) is 23.6 Å². The van der Waals surface area contributed by atoms with Crippen LogP contribution in [0.5, 0.6) is 11.5 Å². The lowest BCUT2D eigenvalue weighted by Crippen LogP contribution is -2.40. The molecule has 0 saturated carbocycles. The number of benzene rings is 2. The first-order valence-corrected chi connectivity index (χ1v) is 7.63. The molecular formula is C18H15NO5. The van der Waals surface area contributed by atoms with E-state index in [-0.39, 0.29) is 19.2 Å². The van der Waals surface area contributed by atoms with Crippen LogP contribution >= 0.6 is 0 Å². The van der Waals surface area contributed by atoms with Crippen LogP contribution in [-0.2, 0) is 11.3 Å². The van der Waals surface area contributed by atoms with Crippen molar-refractivity contribution in [2.75, 3.05) is 13.3 Å². The van der Waals surface area contributed by atoms with E-state index in [1.807, 2.05) is 24.3 Å². The molecule has 4 rings (SSSR count). The van der Waals surface area contributed by atoms with Crippen molar-refractivity contribution < 1.29 is 24.2 Å². The summed E-state index contributed by atoms with van der Waals surface area (Å²) in [4.78, 5) is 26.1. The van der Waals surface area contributed by atoms with E-state index in [4.69, 9.17) is 9.47 Å². The molecule has 24 heavy (non-hydrogen) atoms. The van der Waals surface area contributed by atoms with Crippen LogP contribution in [0.2, 0.25) is 0 Å². The Morgan fingerprint density at radius 3 is 2.75 bits per heavy atom. The van der Waals surface area contributed by atoms with Gasteiger partial charge in [0.25, 0.3) is 5.91 Å². The largest absolute Gasteiger partial charge is 0.481 e. The van der Waals surface area contributed by atoms with E-state index in [0.717, 1.165) is 11.1 Å². The Balaban J connectivity index is 1.70. The lowest BCUT2D eigenvalue weighted by Gasteiger charge is -2.33. The molecule has 0 saturated heterocycles. The molecular weight excluding hydrogens is 310 g/mol. The summed E-state index contributed by atoms with van der Waals surface area (Å²) in [6.07, 6.45) is 0. The van der Waals surface area contributed by atoms with Crippen LogP contribution < -0.4 is 9.47 Å². The maximum absolute atomic E-state index is 12.9. The molecule has 0 fully saturated rings. The van der Waals surface area contributed by atoms with Crippen LogP contribution in [0.25, 0.3) is 0 Å². The van der Waals surface area contributed by atoms with Gasteiger partial charge in [-0.25, -0.2) is 0 Å². The van der Waals surface area contributed by atoms with Crippen molar-refractivity contribution in [3.05, 3.63) is 59.2 Å². The zero-order valence-corrected chi connectivity index (χ0v) is 12.8. The molecule has 2 heterocycles. The molecule has 0 radical (unpaired) electrons. The van der Waals surface area contributed by atoms with Gasteiger partial charge in [-0.15, -0.1) is 0 Å². The summed E-state index contributed by atoms with van der Waals surface area (Å²) in [5, 5.41) is 9.53. The number of para-hydroxylation sites is 1. The Kier molecular flexibility index (Phi) is 3.37. The number of carboxylic acid groups (broad SMARTS) is 1. The molecule has 2 aromatic carbocycles. The Morgan fingerprint density at radius 2 is 1.92 bits per heavy atom. The molecule has 6 heteroatoms. The van der Waals surface area contributed by atoms with Crippen molar-refractivity contribution in [1.29, 1.82) is 0 Å². The summed E-state index contributed by atoms with van der Waals surface area (Å²) >= 11 is 0. The molecule has 6 nitrogen and oxygen atoms in total. The predicted molar refractivity (Wildman–Crippen MR) is 84.1 cm³/mol. The maximum Gasteiger partial charge on any atom is 0.312 e. The van der Waals surface area contributed by atoms with Crippen LogP contribution in [0.4, 0.5) is 0 Å². The van der Waals surface area contributed by atoms with E-state index in [1.54, 1.807) is 23.1 Å². The van der Waals surface area contributed by atoms with Gasteiger partial charge >= 0.3 is 5.97 Å². The monoisotopic (exact) mass is 325 g/mol. The van der Waals surface area contributed by atoms with Crippen molar-refractivity contribution in [2.24, 2.45) is 0 Å². The molecule has 1 atom stereocenters.